The van der Waals surface area contributed by atoms with E-state index < -0.39 is 0 Å². The van der Waals surface area contributed by atoms with Crippen molar-refractivity contribution < 1.29 is 9.84 Å². The van der Waals surface area contributed by atoms with E-state index in [1.165, 1.54) is 43.8 Å². The van der Waals surface area contributed by atoms with Crippen molar-refractivity contribution >= 4 is 43.5 Å². The van der Waals surface area contributed by atoms with Crippen LogP contribution in [0.5, 0.6) is 5.75 Å². The second kappa shape index (κ2) is 31.2. The summed E-state index contributed by atoms with van der Waals surface area (Å²) in [6.07, 6.45) is 9.10. The smallest absolute Gasteiger partial charge is 0.137 e. The Bertz CT molecular complexity index is 2310. The molecule has 8 rings (SSSR count). The van der Waals surface area contributed by atoms with Gasteiger partial charge in [-0.15, -0.1) is 0 Å². The lowest BCUT2D eigenvalue weighted by Crippen LogP contribution is -1.93. The lowest BCUT2D eigenvalue weighted by molar-refractivity contribution is 0.281. The molecule has 0 saturated carbocycles. The van der Waals surface area contributed by atoms with E-state index in [9.17, 15) is 0 Å². The number of aliphatic hydroxyl groups is 1. The summed E-state index contributed by atoms with van der Waals surface area (Å²) in [5, 5.41) is 15.3. The van der Waals surface area contributed by atoms with E-state index in [1.807, 2.05) is 104 Å². The Morgan fingerprint density at radius 1 is 0.438 bits per heavy atom. The van der Waals surface area contributed by atoms with E-state index in [1.54, 1.807) is 19.5 Å². The first-order valence-corrected chi connectivity index (χ1v) is 23.6. The topological polar surface area (TPSA) is 81.0 Å². The molecule has 8 aromatic rings. The number of aromatic nitrogens is 4. The minimum atomic E-state index is 0.0510. The predicted molar refractivity (Wildman–Crippen MR) is 281 cm³/mol. The third-order valence-electron chi connectivity index (χ3n) is 9.85. The van der Waals surface area contributed by atoms with Crippen LogP contribution < -0.4 is 4.74 Å². The van der Waals surface area contributed by atoms with Gasteiger partial charge in [0.25, 0.3) is 0 Å². The van der Waals surface area contributed by atoms with Crippen molar-refractivity contribution in [3.8, 4) is 5.75 Å². The summed E-state index contributed by atoms with van der Waals surface area (Å²) in [7, 11) is 1.67. The molecule has 0 spiro atoms. The average molecular weight is 865 g/mol. The zero-order valence-corrected chi connectivity index (χ0v) is 42.4. The highest BCUT2D eigenvalue weighted by atomic mass is 16.5. The first kappa shape index (κ1) is 56.3. The molecule has 0 aliphatic heterocycles. The fraction of sp³-hybridized carbons (Fsp3) is 0.379. The zero-order valence-electron chi connectivity index (χ0n) is 42.4. The largest absolute Gasteiger partial charge is 0.495 e. The summed E-state index contributed by atoms with van der Waals surface area (Å²) in [6.45, 7) is 33.6. The number of pyridine rings is 4. The molecule has 4 heterocycles. The number of nitrogens with zero attached hydrogens (tertiary/aromatic N) is 4. The molecule has 0 atom stereocenters. The highest BCUT2D eigenvalue weighted by Crippen LogP contribution is 2.28. The molecular weight excluding hydrogens is 785 g/mol. The molecule has 6 heteroatoms. The molecule has 4 aromatic heterocycles. The fourth-order valence-electron chi connectivity index (χ4n) is 6.85. The van der Waals surface area contributed by atoms with E-state index in [4.69, 9.17) is 9.84 Å². The molecule has 0 radical (unpaired) electrons. The van der Waals surface area contributed by atoms with E-state index in [2.05, 4.69) is 148 Å². The lowest BCUT2D eigenvalue weighted by atomic mass is 9.97. The van der Waals surface area contributed by atoms with Crippen LogP contribution in [0.4, 0.5) is 0 Å². The van der Waals surface area contributed by atoms with Gasteiger partial charge in [0.2, 0.25) is 0 Å². The van der Waals surface area contributed by atoms with E-state index in [0.717, 1.165) is 33.2 Å². The normalized spacial score (nSPS) is 10.0. The molecule has 0 fully saturated rings. The third-order valence-corrected chi connectivity index (χ3v) is 9.85. The van der Waals surface area contributed by atoms with Crippen molar-refractivity contribution in [3.05, 3.63) is 162 Å². The maximum absolute atomic E-state index is 9.09. The standard InChI is InChI=1S/2C13H15NO.2C12H13N.4C2H6/c1-9(2)11-5-4-6-13-12(11)7-10(15-3)8-14-13;1-9(2)11-4-3-5-13-12(11)6-10(8-15)7-14-13;1-9(2)10-5-3-7-12-11(10)6-4-8-13-12;1-9(2)11-5-3-4-10-8-13-7-6-12(10)11;4*1-2/h4-9H,1-3H3;3-7,9,15H,8H2,1-2H3;2*3-9H,1-2H3;4*1-2H3. The van der Waals surface area contributed by atoms with Gasteiger partial charge >= 0.3 is 0 Å². The number of rotatable bonds is 6. The van der Waals surface area contributed by atoms with Crippen LogP contribution in [0.3, 0.4) is 0 Å². The Morgan fingerprint density at radius 3 is 1.36 bits per heavy atom. The Kier molecular flexibility index (Phi) is 27.4. The minimum absolute atomic E-state index is 0.0510. The highest BCUT2D eigenvalue weighted by Gasteiger charge is 2.08. The Morgan fingerprint density at radius 2 is 0.875 bits per heavy atom. The summed E-state index contributed by atoms with van der Waals surface area (Å²) in [5.41, 5.74) is 9.38. The fourth-order valence-corrected chi connectivity index (χ4v) is 6.85. The molecule has 0 saturated heterocycles. The molecule has 0 aliphatic rings. The van der Waals surface area contributed by atoms with Crippen LogP contribution in [0.1, 0.15) is 162 Å². The molecule has 0 bridgehead atoms. The third kappa shape index (κ3) is 16.4. The number of methoxy groups -OCH3 is 1. The van der Waals surface area contributed by atoms with Crippen molar-refractivity contribution in [3.63, 3.8) is 0 Å². The van der Waals surface area contributed by atoms with Gasteiger partial charge in [-0.05, 0) is 99.3 Å². The van der Waals surface area contributed by atoms with Crippen LogP contribution in [0.25, 0.3) is 43.5 Å². The Labute approximate surface area is 387 Å². The van der Waals surface area contributed by atoms with E-state index in [-0.39, 0.29) is 6.61 Å². The molecule has 6 nitrogen and oxygen atoms in total. The quantitative estimate of drug-likeness (QED) is 0.179. The molecule has 0 unspecified atom stereocenters. The van der Waals surface area contributed by atoms with Crippen LogP contribution in [0.2, 0.25) is 0 Å². The number of hydrogen-bond acceptors (Lipinski definition) is 6. The first-order chi connectivity index (χ1) is 31.0. The van der Waals surface area contributed by atoms with Crippen LogP contribution in [-0.4, -0.2) is 32.2 Å². The minimum Gasteiger partial charge on any atom is -0.495 e. The van der Waals surface area contributed by atoms with Gasteiger partial charge in [-0.1, -0.05) is 171 Å². The van der Waals surface area contributed by atoms with Crippen LogP contribution in [0, 0.1) is 0 Å². The van der Waals surface area contributed by atoms with E-state index in [0.29, 0.717) is 23.7 Å². The Balaban J connectivity index is 0.000000405. The molecule has 344 valence electrons. The number of ether oxygens (including phenoxy) is 1. The van der Waals surface area contributed by atoms with Crippen LogP contribution in [0.15, 0.2) is 134 Å². The second-order valence-electron chi connectivity index (χ2n) is 15.2. The van der Waals surface area contributed by atoms with Gasteiger partial charge in [0.1, 0.15) is 5.75 Å². The molecule has 0 aliphatic carbocycles. The summed E-state index contributed by atoms with van der Waals surface area (Å²) in [4.78, 5) is 17.1. The van der Waals surface area contributed by atoms with Gasteiger partial charge in [0.15, 0.2) is 0 Å². The van der Waals surface area contributed by atoms with Gasteiger partial charge in [0, 0.05) is 46.3 Å². The molecular formula is C58H80N4O2. The van der Waals surface area contributed by atoms with Gasteiger partial charge < -0.3 is 9.84 Å². The number of hydrogen-bond donors (Lipinski definition) is 1. The van der Waals surface area contributed by atoms with E-state index >= 15 is 0 Å². The van der Waals surface area contributed by atoms with Crippen molar-refractivity contribution in [2.24, 2.45) is 0 Å². The Hall–Kier alpha value is -5.72. The molecule has 1 N–H and O–H groups in total. The monoisotopic (exact) mass is 865 g/mol. The number of benzene rings is 4. The molecule has 4 aromatic carbocycles. The van der Waals surface area contributed by atoms with Crippen LogP contribution >= 0.6 is 0 Å². The SMILES string of the molecule is CC.CC.CC.CC.CC(C)c1cccc2cnccc12.CC(C)c1cccc2ncc(CO)cc12.CC(C)c1cccc2ncccc12.COc1cnc2cccc(C(C)C)c2c1. The average Bonchev–Trinajstić information content (AvgIpc) is 3.35. The molecule has 0 amide bonds. The first-order valence-electron chi connectivity index (χ1n) is 23.6. The van der Waals surface area contributed by atoms with Gasteiger partial charge in [0.05, 0.1) is 36.5 Å². The lowest BCUT2D eigenvalue weighted by Gasteiger charge is -2.10. The van der Waals surface area contributed by atoms with Crippen molar-refractivity contribution in [1.29, 1.82) is 0 Å². The summed E-state index contributed by atoms with van der Waals surface area (Å²) in [6, 6.07) is 35.4. The van der Waals surface area contributed by atoms with Gasteiger partial charge in [-0.3, -0.25) is 19.9 Å². The van der Waals surface area contributed by atoms with Crippen molar-refractivity contribution in [1.82, 2.24) is 19.9 Å². The number of fused-ring (bicyclic) bond motifs is 4. The maximum atomic E-state index is 9.09. The second-order valence-corrected chi connectivity index (χ2v) is 15.2. The molecule has 64 heavy (non-hydrogen) atoms. The summed E-state index contributed by atoms with van der Waals surface area (Å²) < 4.78 is 5.19. The predicted octanol–water partition coefficient (Wildman–Crippen LogP) is 17.0. The summed E-state index contributed by atoms with van der Waals surface area (Å²) >= 11 is 0. The van der Waals surface area contributed by atoms with Gasteiger partial charge in [-0.25, -0.2) is 0 Å². The van der Waals surface area contributed by atoms with Crippen molar-refractivity contribution in [2.75, 3.05) is 7.11 Å². The zero-order chi connectivity index (χ0) is 48.2. The van der Waals surface area contributed by atoms with Crippen LogP contribution in [-0.2, 0) is 6.61 Å². The van der Waals surface area contributed by atoms with Gasteiger partial charge in [-0.2, -0.15) is 0 Å². The highest BCUT2D eigenvalue weighted by molar-refractivity contribution is 5.86. The summed E-state index contributed by atoms with van der Waals surface area (Å²) in [5.74, 6) is 2.93. The maximum Gasteiger partial charge on any atom is 0.137 e. The van der Waals surface area contributed by atoms with Crippen molar-refractivity contribution in [2.45, 2.75) is 141 Å². The number of aliphatic hydroxyl groups excluding tert-OH is 1.